The third-order valence-corrected chi connectivity index (χ3v) is 4.77. The quantitative estimate of drug-likeness (QED) is 0.678. The van der Waals surface area contributed by atoms with Gasteiger partial charge < -0.3 is 14.6 Å². The number of amides is 1. The number of hydrogen-bond donors (Lipinski definition) is 2. The Hall–Kier alpha value is -2.08. The van der Waals surface area contributed by atoms with Crippen molar-refractivity contribution in [2.45, 2.75) is 13.1 Å². The highest BCUT2D eigenvalue weighted by Crippen LogP contribution is 2.19. The Morgan fingerprint density at radius 1 is 1.12 bits per heavy atom. The second-order valence-corrected chi connectivity index (χ2v) is 6.91. The van der Waals surface area contributed by atoms with E-state index < -0.39 is 0 Å². The van der Waals surface area contributed by atoms with E-state index >= 15 is 0 Å². The van der Waals surface area contributed by atoms with Gasteiger partial charge in [0.2, 0.25) is 0 Å². The lowest BCUT2D eigenvalue weighted by molar-refractivity contribution is -0.920. The second-order valence-electron chi connectivity index (χ2n) is 5.47. The zero-order chi connectivity index (χ0) is 16.8. The molecule has 0 saturated carbocycles. The molecule has 3 rings (SSSR count). The molecule has 2 N–H and O–H groups in total. The average Bonchev–Trinajstić information content (AvgIpc) is 3.23. The molecule has 1 aromatic carbocycles. The maximum absolute atomic E-state index is 12.4. The van der Waals surface area contributed by atoms with Gasteiger partial charge in [-0.05, 0) is 35.7 Å². The normalized spacial score (nSPS) is 12.0. The molecule has 0 saturated heterocycles. The number of carbonyl (C=O) groups is 1. The molecule has 1 atom stereocenters. The van der Waals surface area contributed by atoms with Crippen LogP contribution in [0, 0.1) is 0 Å². The fourth-order valence-electron chi connectivity index (χ4n) is 2.49. The highest BCUT2D eigenvalue weighted by atomic mass is 35.5. The van der Waals surface area contributed by atoms with Crippen molar-refractivity contribution in [1.82, 2.24) is 0 Å². The van der Waals surface area contributed by atoms with Crippen LogP contribution in [0.2, 0.25) is 5.02 Å². The van der Waals surface area contributed by atoms with Crippen LogP contribution in [0.4, 0.5) is 5.69 Å². The van der Waals surface area contributed by atoms with Crippen LogP contribution in [-0.4, -0.2) is 12.5 Å². The number of benzene rings is 1. The maximum atomic E-state index is 12.4. The van der Waals surface area contributed by atoms with Crippen LogP contribution < -0.4 is 10.2 Å². The van der Waals surface area contributed by atoms with Gasteiger partial charge in [0.15, 0.2) is 12.3 Å². The van der Waals surface area contributed by atoms with E-state index in [-0.39, 0.29) is 5.91 Å². The second kappa shape index (κ2) is 8.15. The third-order valence-electron chi connectivity index (χ3n) is 3.57. The van der Waals surface area contributed by atoms with Crippen LogP contribution in [0.5, 0.6) is 0 Å². The van der Waals surface area contributed by atoms with Crippen LogP contribution >= 0.6 is 22.9 Å². The summed E-state index contributed by atoms with van der Waals surface area (Å²) in [5, 5.41) is 5.46. The standard InChI is InChI=1S/C18H17ClN2O2S/c19-16-7-1-2-8-17(16)20-18(22)13-21(11-14-5-3-9-23-14)12-15-6-4-10-24-15/h1-10H,11-13H2,(H,20,22)/p+1. The molecule has 0 aliphatic rings. The Kier molecular flexibility index (Phi) is 5.69. The smallest absolute Gasteiger partial charge is 0.279 e. The SMILES string of the molecule is O=C(C[NH+](Cc1ccco1)Cc1cccs1)Nc1ccccc1Cl. The molecule has 3 aromatic rings. The fourth-order valence-corrected chi connectivity index (χ4v) is 3.45. The van der Waals surface area contributed by atoms with Gasteiger partial charge in [-0.25, -0.2) is 0 Å². The summed E-state index contributed by atoms with van der Waals surface area (Å²) < 4.78 is 5.43. The Morgan fingerprint density at radius 2 is 2.00 bits per heavy atom. The average molecular weight is 362 g/mol. The first-order valence-electron chi connectivity index (χ1n) is 7.63. The summed E-state index contributed by atoms with van der Waals surface area (Å²) in [6, 6.07) is 15.1. The summed E-state index contributed by atoms with van der Waals surface area (Å²) in [6.45, 7) is 1.76. The zero-order valence-corrected chi connectivity index (χ0v) is 14.6. The molecule has 0 aliphatic carbocycles. The molecular weight excluding hydrogens is 344 g/mol. The molecule has 2 aromatic heterocycles. The number of halogens is 1. The molecule has 24 heavy (non-hydrogen) atoms. The first-order valence-corrected chi connectivity index (χ1v) is 8.89. The lowest BCUT2D eigenvalue weighted by atomic mass is 10.3. The highest BCUT2D eigenvalue weighted by Gasteiger charge is 2.18. The molecule has 1 amide bonds. The zero-order valence-electron chi connectivity index (χ0n) is 13.0. The number of hydrogen-bond acceptors (Lipinski definition) is 3. The van der Waals surface area contributed by atoms with Gasteiger partial charge in [0.25, 0.3) is 5.91 Å². The summed E-state index contributed by atoms with van der Waals surface area (Å²) in [5.41, 5.74) is 0.637. The number of quaternary nitrogens is 1. The predicted molar refractivity (Wildman–Crippen MR) is 96.3 cm³/mol. The number of nitrogens with one attached hydrogen (secondary N) is 2. The first-order chi connectivity index (χ1) is 11.7. The van der Waals surface area contributed by atoms with Gasteiger partial charge in [0, 0.05) is 0 Å². The van der Waals surface area contributed by atoms with Crippen LogP contribution in [0.25, 0.3) is 0 Å². The van der Waals surface area contributed by atoms with Gasteiger partial charge in [0.1, 0.15) is 13.1 Å². The van der Waals surface area contributed by atoms with Crippen LogP contribution in [-0.2, 0) is 17.9 Å². The largest absolute Gasteiger partial charge is 0.463 e. The van der Waals surface area contributed by atoms with Crippen molar-refractivity contribution >= 4 is 34.5 Å². The Labute approximate surface area is 149 Å². The van der Waals surface area contributed by atoms with Crippen LogP contribution in [0.1, 0.15) is 10.6 Å². The van der Waals surface area contributed by atoms with Crippen LogP contribution in [0.3, 0.4) is 0 Å². The van der Waals surface area contributed by atoms with Gasteiger partial charge in [-0.1, -0.05) is 29.8 Å². The third kappa shape index (κ3) is 4.71. The Balaban J connectivity index is 1.66. The molecule has 2 heterocycles. The van der Waals surface area contributed by atoms with E-state index in [0.717, 1.165) is 17.2 Å². The Bertz CT molecular complexity index is 736. The van der Waals surface area contributed by atoms with Gasteiger partial charge in [0.05, 0.1) is 21.9 Å². The molecule has 6 heteroatoms. The predicted octanol–water partition coefficient (Wildman–Crippen LogP) is 3.22. The maximum Gasteiger partial charge on any atom is 0.279 e. The summed E-state index contributed by atoms with van der Waals surface area (Å²) >= 11 is 7.79. The Morgan fingerprint density at radius 3 is 2.71 bits per heavy atom. The van der Waals surface area contributed by atoms with Crippen molar-refractivity contribution in [3.8, 4) is 0 Å². The number of carbonyl (C=O) groups excluding carboxylic acids is 1. The number of furan rings is 1. The summed E-state index contributed by atoms with van der Waals surface area (Å²) in [5.74, 6) is 0.799. The van der Waals surface area contributed by atoms with E-state index in [4.69, 9.17) is 16.0 Å². The van der Waals surface area contributed by atoms with Crippen molar-refractivity contribution < 1.29 is 14.1 Å². The van der Waals surface area contributed by atoms with Gasteiger partial charge in [-0.15, -0.1) is 11.3 Å². The molecule has 124 valence electrons. The van der Waals surface area contributed by atoms with E-state index in [1.807, 2.05) is 35.7 Å². The number of para-hydroxylation sites is 1. The fraction of sp³-hybridized carbons (Fsp3) is 0.167. The van der Waals surface area contributed by atoms with Gasteiger partial charge in [-0.3, -0.25) is 4.79 Å². The molecule has 4 nitrogen and oxygen atoms in total. The molecular formula is C18H18ClN2O2S+. The van der Waals surface area contributed by atoms with Gasteiger partial charge in [-0.2, -0.15) is 0 Å². The van der Waals surface area contributed by atoms with E-state index in [1.165, 1.54) is 4.88 Å². The molecule has 0 bridgehead atoms. The summed E-state index contributed by atoms with van der Waals surface area (Å²) in [7, 11) is 0. The highest BCUT2D eigenvalue weighted by molar-refractivity contribution is 7.09. The first kappa shape index (κ1) is 16.8. The van der Waals surface area contributed by atoms with E-state index in [1.54, 1.807) is 29.7 Å². The molecule has 0 spiro atoms. The van der Waals surface area contributed by atoms with Crippen molar-refractivity contribution in [1.29, 1.82) is 0 Å². The topological polar surface area (TPSA) is 46.7 Å². The molecule has 0 fully saturated rings. The van der Waals surface area contributed by atoms with E-state index in [9.17, 15) is 4.79 Å². The molecule has 0 radical (unpaired) electrons. The molecule has 1 unspecified atom stereocenters. The van der Waals surface area contributed by atoms with Gasteiger partial charge >= 0.3 is 0 Å². The number of thiophene rings is 1. The number of rotatable bonds is 7. The minimum atomic E-state index is -0.0683. The van der Waals surface area contributed by atoms with Crippen LogP contribution in [0.15, 0.2) is 64.6 Å². The lowest BCUT2D eigenvalue weighted by Gasteiger charge is -2.17. The number of anilines is 1. The minimum Gasteiger partial charge on any atom is -0.463 e. The summed E-state index contributed by atoms with van der Waals surface area (Å²) in [6.07, 6.45) is 1.65. The van der Waals surface area contributed by atoms with Crippen molar-refractivity contribution in [3.05, 3.63) is 75.8 Å². The van der Waals surface area contributed by atoms with Crippen molar-refractivity contribution in [2.24, 2.45) is 0 Å². The van der Waals surface area contributed by atoms with Crippen molar-refractivity contribution in [2.75, 3.05) is 11.9 Å². The molecule has 0 aliphatic heterocycles. The minimum absolute atomic E-state index is 0.0683. The van der Waals surface area contributed by atoms with Crippen molar-refractivity contribution in [3.63, 3.8) is 0 Å². The van der Waals surface area contributed by atoms with E-state index in [2.05, 4.69) is 11.4 Å². The summed E-state index contributed by atoms with van der Waals surface area (Å²) in [4.78, 5) is 14.8. The monoisotopic (exact) mass is 361 g/mol. The van der Waals surface area contributed by atoms with E-state index in [0.29, 0.717) is 23.8 Å². The lowest BCUT2D eigenvalue weighted by Crippen LogP contribution is -3.10.